The maximum atomic E-state index is 14.2. The van der Waals surface area contributed by atoms with Crippen LogP contribution in [0.4, 0.5) is 13.2 Å². The van der Waals surface area contributed by atoms with Gasteiger partial charge in [0, 0.05) is 38.1 Å². The number of ether oxygens (including phenoxy) is 1. The molecule has 4 aliphatic rings. The van der Waals surface area contributed by atoms with Crippen LogP contribution in [0.2, 0.25) is 0 Å². The normalized spacial score (nSPS) is 30.5. The Morgan fingerprint density at radius 2 is 1.92 bits per heavy atom. The zero-order valence-electron chi connectivity index (χ0n) is 22.0. The van der Waals surface area contributed by atoms with Gasteiger partial charge in [0.1, 0.15) is 0 Å². The number of aromatic nitrogens is 2. The van der Waals surface area contributed by atoms with E-state index in [1.54, 1.807) is 10.8 Å². The third-order valence-corrected chi connectivity index (χ3v) is 9.26. The summed E-state index contributed by atoms with van der Waals surface area (Å²) in [5.41, 5.74) is 5.91. The first kappa shape index (κ1) is 26.3. The molecule has 0 aromatic carbocycles. The monoisotopic (exact) mass is 536 g/mol. The number of hydrogen-bond acceptors (Lipinski definition) is 6. The number of alkyl halides is 3. The maximum absolute atomic E-state index is 14.2. The van der Waals surface area contributed by atoms with Gasteiger partial charge in [-0.05, 0) is 55.6 Å². The van der Waals surface area contributed by atoms with Crippen molar-refractivity contribution in [2.24, 2.45) is 17.8 Å². The molecule has 3 N–H and O–H groups in total. The molecule has 2 saturated heterocycles. The molecule has 6 rings (SSSR count). The molecule has 0 spiro atoms. The fraction of sp³-hybridized carbons (Fsp3) is 0.741. The van der Waals surface area contributed by atoms with Crippen molar-refractivity contribution < 1.29 is 17.9 Å². The third-order valence-electron chi connectivity index (χ3n) is 9.26. The van der Waals surface area contributed by atoms with Crippen LogP contribution < -0.4 is 21.9 Å². The smallest absolute Gasteiger partial charge is 0.376 e. The largest absolute Gasteiger partial charge is 0.418 e. The Balaban J connectivity index is 1.30. The molecule has 2 aromatic heterocycles. The van der Waals surface area contributed by atoms with Crippen molar-refractivity contribution in [2.45, 2.75) is 82.9 Å². The minimum atomic E-state index is -4.55. The van der Waals surface area contributed by atoms with Gasteiger partial charge in [-0.2, -0.15) is 13.2 Å². The number of pyridine rings is 1. The molecule has 2 aliphatic carbocycles. The second-order valence-corrected chi connectivity index (χ2v) is 11.8. The lowest BCUT2D eigenvalue weighted by molar-refractivity contribution is -0.136. The van der Waals surface area contributed by atoms with Crippen LogP contribution in [-0.4, -0.2) is 52.5 Å². The molecule has 210 valence electrons. The summed E-state index contributed by atoms with van der Waals surface area (Å²) in [4.78, 5) is 15.7. The first-order valence-corrected chi connectivity index (χ1v) is 14.2. The molecule has 2 aromatic rings. The van der Waals surface area contributed by atoms with Crippen LogP contribution in [0.5, 0.6) is 0 Å². The van der Waals surface area contributed by atoms with Gasteiger partial charge in [0.15, 0.2) is 0 Å². The molecule has 0 radical (unpaired) electrons. The van der Waals surface area contributed by atoms with Gasteiger partial charge in [-0.3, -0.25) is 19.2 Å². The van der Waals surface area contributed by atoms with Crippen LogP contribution in [0.1, 0.15) is 69.0 Å². The molecule has 2 aliphatic heterocycles. The van der Waals surface area contributed by atoms with E-state index in [9.17, 15) is 18.0 Å². The molecule has 3 unspecified atom stereocenters. The van der Waals surface area contributed by atoms with Crippen molar-refractivity contribution in [3.8, 4) is 0 Å². The van der Waals surface area contributed by atoms with Gasteiger partial charge in [-0.25, -0.2) is 15.6 Å². The Labute approximate surface area is 220 Å². The van der Waals surface area contributed by atoms with Crippen LogP contribution in [0.3, 0.4) is 0 Å². The predicted molar refractivity (Wildman–Crippen MR) is 137 cm³/mol. The Morgan fingerprint density at radius 3 is 2.61 bits per heavy atom. The van der Waals surface area contributed by atoms with E-state index in [1.165, 1.54) is 35.9 Å². The lowest BCUT2D eigenvalue weighted by Crippen LogP contribution is -2.49. The predicted octanol–water partition coefficient (Wildman–Crippen LogP) is 3.47. The maximum Gasteiger partial charge on any atom is 0.418 e. The van der Waals surface area contributed by atoms with Gasteiger partial charge in [0.05, 0.1) is 36.6 Å². The summed E-state index contributed by atoms with van der Waals surface area (Å²) in [5.74, 6) is 1.51. The van der Waals surface area contributed by atoms with Gasteiger partial charge in [0.25, 0.3) is 0 Å². The van der Waals surface area contributed by atoms with E-state index >= 15 is 0 Å². The molecule has 2 saturated carbocycles. The molecule has 11 heteroatoms. The van der Waals surface area contributed by atoms with E-state index in [0.717, 1.165) is 32.4 Å². The summed E-state index contributed by atoms with van der Waals surface area (Å²) in [6, 6.07) is 1.13. The van der Waals surface area contributed by atoms with Crippen LogP contribution in [0, 0.1) is 17.8 Å². The highest BCUT2D eigenvalue weighted by atomic mass is 19.4. The molecule has 4 fully saturated rings. The number of hydrazine groups is 1. The average Bonchev–Trinajstić information content (AvgIpc) is 3.49. The van der Waals surface area contributed by atoms with Gasteiger partial charge in [-0.1, -0.05) is 25.7 Å². The fourth-order valence-electron chi connectivity index (χ4n) is 7.29. The number of imidazole rings is 1. The number of halogens is 3. The van der Waals surface area contributed by atoms with E-state index in [1.807, 2.05) is 6.92 Å². The van der Waals surface area contributed by atoms with Crippen LogP contribution in [-0.2, 0) is 17.5 Å². The standard InChI is InChI=1S/C27H39F3N6O2/c1-17-12-34(8-9-38-17)13-18-10-22(27(28,29)30)23-15-35(26(37)36(23)14-18)21-7-3-6-20(11-21)24(19-4-2-5-19)25-31-16-32-33-25/h10,14-15,17,19-21,24-25,31-33H,2-9,11-13,16H2,1H3/t17-,20?,21?,24+,25?/m1/s1. The minimum Gasteiger partial charge on any atom is -0.376 e. The van der Waals surface area contributed by atoms with Crippen LogP contribution in [0.25, 0.3) is 5.52 Å². The minimum absolute atomic E-state index is 0.0341. The second-order valence-electron chi connectivity index (χ2n) is 11.8. The Bertz CT molecular complexity index is 1190. The van der Waals surface area contributed by atoms with E-state index in [4.69, 9.17) is 4.74 Å². The van der Waals surface area contributed by atoms with Gasteiger partial charge in [0.2, 0.25) is 0 Å². The topological polar surface area (TPSA) is 75.0 Å². The quantitative estimate of drug-likeness (QED) is 0.525. The molecule has 38 heavy (non-hydrogen) atoms. The summed E-state index contributed by atoms with van der Waals surface area (Å²) >= 11 is 0. The van der Waals surface area contributed by atoms with E-state index in [0.29, 0.717) is 49.6 Å². The number of nitrogens with zero attached hydrogens (tertiary/aromatic N) is 3. The first-order valence-electron chi connectivity index (χ1n) is 14.2. The SMILES string of the molecule is C[C@@H]1CN(Cc2cc(C(F)(F)F)c3cn(C4CCCC([C@H](C5CCC5)C5NCNN5)C4)c(=O)n3c2)CCO1. The molecular weight excluding hydrogens is 497 g/mol. The third kappa shape index (κ3) is 5.15. The molecular formula is C27H39F3N6O2. The highest BCUT2D eigenvalue weighted by Gasteiger charge is 2.42. The van der Waals surface area contributed by atoms with E-state index in [-0.39, 0.29) is 29.5 Å². The molecule has 5 atom stereocenters. The highest BCUT2D eigenvalue weighted by Crippen LogP contribution is 2.46. The second kappa shape index (κ2) is 10.6. The van der Waals surface area contributed by atoms with Crippen molar-refractivity contribution in [3.05, 3.63) is 40.1 Å². The Hall–Kier alpha value is -1.92. The van der Waals surface area contributed by atoms with Crippen molar-refractivity contribution in [2.75, 3.05) is 26.4 Å². The summed E-state index contributed by atoms with van der Waals surface area (Å²) in [7, 11) is 0. The van der Waals surface area contributed by atoms with Crippen LogP contribution >= 0.6 is 0 Å². The molecule has 0 bridgehead atoms. The van der Waals surface area contributed by atoms with E-state index < -0.39 is 11.7 Å². The van der Waals surface area contributed by atoms with Crippen molar-refractivity contribution in [1.29, 1.82) is 0 Å². The highest BCUT2D eigenvalue weighted by molar-refractivity contribution is 5.56. The van der Waals surface area contributed by atoms with Gasteiger partial charge >= 0.3 is 11.9 Å². The fourth-order valence-corrected chi connectivity index (χ4v) is 7.29. The summed E-state index contributed by atoms with van der Waals surface area (Å²) in [5, 5.41) is 3.53. The number of hydrogen-bond donors (Lipinski definition) is 3. The molecule has 0 amide bonds. The van der Waals surface area contributed by atoms with Gasteiger partial charge in [-0.15, -0.1) is 0 Å². The summed E-state index contributed by atoms with van der Waals surface area (Å²) in [6.07, 6.45) is 6.16. The van der Waals surface area contributed by atoms with Crippen LogP contribution in [0.15, 0.2) is 23.3 Å². The summed E-state index contributed by atoms with van der Waals surface area (Å²) in [6.45, 7) is 4.91. The molecule has 8 nitrogen and oxygen atoms in total. The number of morpholine rings is 1. The lowest BCUT2D eigenvalue weighted by Gasteiger charge is -2.44. The summed E-state index contributed by atoms with van der Waals surface area (Å²) < 4.78 is 51.1. The first-order chi connectivity index (χ1) is 18.3. The zero-order valence-corrected chi connectivity index (χ0v) is 22.0. The average molecular weight is 537 g/mol. The zero-order chi connectivity index (χ0) is 26.4. The Morgan fingerprint density at radius 1 is 1.13 bits per heavy atom. The number of fused-ring (bicyclic) bond motifs is 1. The number of rotatable bonds is 6. The molecule has 4 heterocycles. The lowest BCUT2D eigenvalue weighted by atomic mass is 9.65. The Kier molecular flexibility index (Phi) is 7.32. The van der Waals surface area contributed by atoms with Crippen molar-refractivity contribution in [3.63, 3.8) is 0 Å². The van der Waals surface area contributed by atoms with Crippen molar-refractivity contribution in [1.82, 2.24) is 30.0 Å². The van der Waals surface area contributed by atoms with Crippen molar-refractivity contribution >= 4 is 5.52 Å². The van der Waals surface area contributed by atoms with E-state index in [2.05, 4.69) is 21.1 Å². The van der Waals surface area contributed by atoms with Gasteiger partial charge < -0.3 is 4.74 Å². The number of nitrogens with one attached hydrogen (secondary N) is 3.